The summed E-state index contributed by atoms with van der Waals surface area (Å²) in [6.07, 6.45) is -0.628. The molecule has 1 aliphatic heterocycles. The van der Waals surface area contributed by atoms with Crippen LogP contribution in [-0.2, 0) is 19.6 Å². The lowest BCUT2D eigenvalue weighted by Gasteiger charge is -2.45. The van der Waals surface area contributed by atoms with Gasteiger partial charge in [0.25, 0.3) is 0 Å². The number of rotatable bonds is 6. The molecule has 1 aromatic carbocycles. The summed E-state index contributed by atoms with van der Waals surface area (Å²) in [6, 6.07) is 4.35. The minimum Gasteiger partial charge on any atom is -0.481 e. The number of ether oxygens (including phenoxy) is 2. The van der Waals surface area contributed by atoms with E-state index in [0.29, 0.717) is 12.2 Å². The van der Waals surface area contributed by atoms with Crippen LogP contribution in [0.4, 0.5) is 0 Å². The Morgan fingerprint density at radius 2 is 2.00 bits per heavy atom. The average Bonchev–Trinajstić information content (AvgIpc) is 2.63. The summed E-state index contributed by atoms with van der Waals surface area (Å²) < 4.78 is 38.3. The van der Waals surface area contributed by atoms with Crippen molar-refractivity contribution in [1.82, 2.24) is 4.31 Å². The predicted octanol–water partition coefficient (Wildman–Crippen LogP) is 1.48. The molecule has 2 N–H and O–H groups in total. The van der Waals surface area contributed by atoms with Crippen LogP contribution >= 0.6 is 0 Å². The Balaban J connectivity index is 2.21. The number of nitrogens with zero attached hydrogens (tertiary/aromatic N) is 1. The maximum Gasteiger partial charge on any atom is 0.325 e. The molecule has 1 saturated heterocycles. The van der Waals surface area contributed by atoms with Crippen LogP contribution in [0.25, 0.3) is 0 Å². The highest BCUT2D eigenvalue weighted by atomic mass is 32.2. The first kappa shape index (κ1) is 23.2. The van der Waals surface area contributed by atoms with Crippen LogP contribution in [0.1, 0.15) is 34.1 Å². The molecular weight excluding hydrogens is 398 g/mol. The molecule has 0 spiro atoms. The maximum atomic E-state index is 13.1. The van der Waals surface area contributed by atoms with Crippen LogP contribution in [-0.4, -0.2) is 65.9 Å². The number of aliphatic carboxylic acids is 1. The number of carboxylic acid groups (broad SMARTS) is 1. The molecule has 0 bridgehead atoms. The van der Waals surface area contributed by atoms with Gasteiger partial charge in [0, 0.05) is 6.54 Å². The predicted molar refractivity (Wildman–Crippen MR) is 106 cm³/mol. The lowest BCUT2D eigenvalue weighted by molar-refractivity contribution is -0.174. The van der Waals surface area contributed by atoms with E-state index >= 15 is 0 Å². The SMILES string of the molecule is CCC(O)C#CCOc1ccc(S(=O)(=O)N2CC(C)OC(C)(C)C2C(=O)O)cc1. The quantitative estimate of drug-likeness (QED) is 0.664. The summed E-state index contributed by atoms with van der Waals surface area (Å²) in [5.41, 5.74) is -1.18. The second-order valence-corrected chi connectivity index (χ2v) is 9.24. The molecule has 1 aromatic rings. The Bertz CT molecular complexity index is 884. The first-order chi connectivity index (χ1) is 13.5. The summed E-state index contributed by atoms with van der Waals surface area (Å²) in [5, 5.41) is 19.0. The number of benzene rings is 1. The van der Waals surface area contributed by atoms with Crippen molar-refractivity contribution in [3.8, 4) is 17.6 Å². The van der Waals surface area contributed by atoms with E-state index in [0.717, 1.165) is 4.31 Å². The van der Waals surface area contributed by atoms with Gasteiger partial charge in [-0.25, -0.2) is 8.42 Å². The molecule has 8 nitrogen and oxygen atoms in total. The molecule has 1 aliphatic rings. The minimum absolute atomic E-state index is 0.0338. The van der Waals surface area contributed by atoms with E-state index in [9.17, 15) is 23.4 Å². The molecular formula is C20H27NO7S. The Kier molecular flexibility index (Phi) is 7.30. The van der Waals surface area contributed by atoms with Gasteiger partial charge in [-0.05, 0) is 51.5 Å². The molecule has 0 amide bonds. The number of sulfonamides is 1. The molecule has 0 saturated carbocycles. The first-order valence-electron chi connectivity index (χ1n) is 9.30. The van der Waals surface area contributed by atoms with E-state index < -0.39 is 39.8 Å². The Morgan fingerprint density at radius 3 is 2.55 bits per heavy atom. The molecule has 0 radical (unpaired) electrons. The fourth-order valence-corrected chi connectivity index (χ4v) is 4.99. The zero-order valence-corrected chi connectivity index (χ0v) is 17.8. The van der Waals surface area contributed by atoms with Crippen molar-refractivity contribution < 1.29 is 32.9 Å². The van der Waals surface area contributed by atoms with Crippen molar-refractivity contribution >= 4 is 16.0 Å². The molecule has 3 atom stereocenters. The summed E-state index contributed by atoms with van der Waals surface area (Å²) in [7, 11) is -4.06. The van der Waals surface area contributed by atoms with Gasteiger partial charge in [0.2, 0.25) is 10.0 Å². The lowest BCUT2D eigenvalue weighted by Crippen LogP contribution is -2.63. The summed E-state index contributed by atoms with van der Waals surface area (Å²) >= 11 is 0. The fourth-order valence-electron chi connectivity index (χ4n) is 3.21. The van der Waals surface area contributed by atoms with Crippen LogP contribution in [0.5, 0.6) is 5.75 Å². The highest BCUT2D eigenvalue weighted by molar-refractivity contribution is 7.89. The van der Waals surface area contributed by atoms with Gasteiger partial charge in [0.1, 0.15) is 18.5 Å². The topological polar surface area (TPSA) is 113 Å². The number of carbonyl (C=O) groups is 1. The Labute approximate surface area is 171 Å². The van der Waals surface area contributed by atoms with Gasteiger partial charge < -0.3 is 19.7 Å². The van der Waals surface area contributed by atoms with Gasteiger partial charge in [-0.1, -0.05) is 18.8 Å². The number of hydrogen-bond donors (Lipinski definition) is 2. The fraction of sp³-hybridized carbons (Fsp3) is 0.550. The molecule has 0 aromatic heterocycles. The van der Waals surface area contributed by atoms with Crippen LogP contribution in [0.2, 0.25) is 0 Å². The summed E-state index contributed by atoms with van der Waals surface area (Å²) in [4.78, 5) is 11.8. The maximum absolute atomic E-state index is 13.1. The van der Waals surface area contributed by atoms with Gasteiger partial charge in [-0.3, -0.25) is 4.79 Å². The van der Waals surface area contributed by atoms with Crippen molar-refractivity contribution in [2.75, 3.05) is 13.2 Å². The number of morpholine rings is 1. The van der Waals surface area contributed by atoms with Gasteiger partial charge in [0.05, 0.1) is 16.6 Å². The molecule has 0 aliphatic carbocycles. The van der Waals surface area contributed by atoms with Crippen molar-refractivity contribution in [3.63, 3.8) is 0 Å². The highest BCUT2D eigenvalue weighted by Gasteiger charge is 2.50. The monoisotopic (exact) mass is 425 g/mol. The third-order valence-electron chi connectivity index (χ3n) is 4.52. The summed E-state index contributed by atoms with van der Waals surface area (Å²) in [6.45, 7) is 6.64. The molecule has 3 unspecified atom stereocenters. The van der Waals surface area contributed by atoms with Gasteiger partial charge in [0.15, 0.2) is 6.04 Å². The largest absolute Gasteiger partial charge is 0.481 e. The normalized spacial score (nSPS) is 22.9. The number of aliphatic hydroxyl groups excluding tert-OH is 1. The first-order valence-corrected chi connectivity index (χ1v) is 10.7. The van der Waals surface area contributed by atoms with Crippen LogP contribution in [0.15, 0.2) is 29.2 Å². The summed E-state index contributed by atoms with van der Waals surface area (Å²) in [5.74, 6) is 4.45. The molecule has 29 heavy (non-hydrogen) atoms. The number of hydrogen-bond acceptors (Lipinski definition) is 6. The molecule has 160 valence electrons. The Hall–Kier alpha value is -2.12. The average molecular weight is 426 g/mol. The molecule has 9 heteroatoms. The van der Waals surface area contributed by atoms with E-state index in [1.165, 1.54) is 24.3 Å². The highest BCUT2D eigenvalue weighted by Crippen LogP contribution is 2.33. The lowest BCUT2D eigenvalue weighted by atomic mass is 9.96. The van der Waals surface area contributed by atoms with E-state index in [1.807, 2.05) is 6.92 Å². The van der Waals surface area contributed by atoms with Crippen molar-refractivity contribution in [2.45, 2.75) is 62.9 Å². The van der Waals surface area contributed by atoms with Gasteiger partial charge in [-0.15, -0.1) is 0 Å². The second-order valence-electron chi connectivity index (χ2n) is 7.35. The van der Waals surface area contributed by atoms with Crippen molar-refractivity contribution in [3.05, 3.63) is 24.3 Å². The van der Waals surface area contributed by atoms with E-state index in [2.05, 4.69) is 11.8 Å². The molecule has 1 fully saturated rings. The van der Waals surface area contributed by atoms with Crippen LogP contribution < -0.4 is 4.74 Å². The van der Waals surface area contributed by atoms with Crippen molar-refractivity contribution in [2.24, 2.45) is 0 Å². The smallest absolute Gasteiger partial charge is 0.325 e. The van der Waals surface area contributed by atoms with E-state index in [1.54, 1.807) is 20.8 Å². The third-order valence-corrected chi connectivity index (χ3v) is 6.36. The standard InChI is InChI=1S/C20H27NO7S/c1-5-15(22)7-6-12-27-16-8-10-17(11-9-16)29(25,26)21-13-14(2)28-20(3,4)18(21)19(23)24/h8-11,14-15,18,22H,5,12-13H2,1-4H3,(H,23,24). The molecule has 2 rings (SSSR count). The zero-order valence-electron chi connectivity index (χ0n) is 17.0. The second kappa shape index (κ2) is 9.13. The zero-order chi connectivity index (χ0) is 21.8. The van der Waals surface area contributed by atoms with E-state index in [-0.39, 0.29) is 18.0 Å². The number of aliphatic hydroxyl groups is 1. The Morgan fingerprint density at radius 1 is 1.38 bits per heavy atom. The van der Waals surface area contributed by atoms with Gasteiger partial charge in [-0.2, -0.15) is 4.31 Å². The van der Waals surface area contributed by atoms with Crippen LogP contribution in [0, 0.1) is 11.8 Å². The van der Waals surface area contributed by atoms with Crippen LogP contribution in [0.3, 0.4) is 0 Å². The molecule has 1 heterocycles. The third kappa shape index (κ3) is 5.48. The minimum atomic E-state index is -4.06. The number of carboxylic acids is 1. The van der Waals surface area contributed by atoms with Gasteiger partial charge >= 0.3 is 5.97 Å². The van der Waals surface area contributed by atoms with E-state index in [4.69, 9.17) is 9.47 Å². The van der Waals surface area contributed by atoms with Crippen molar-refractivity contribution in [1.29, 1.82) is 0 Å².